The highest BCUT2D eigenvalue weighted by atomic mass is 32.2. The lowest BCUT2D eigenvalue weighted by molar-refractivity contribution is -0.134. The molecule has 10 heteroatoms. The minimum Gasteiger partial charge on any atom is -0.423 e. The van der Waals surface area contributed by atoms with Crippen molar-refractivity contribution in [1.29, 1.82) is 0 Å². The molecule has 43 heavy (non-hydrogen) atoms. The molecule has 0 bridgehead atoms. The van der Waals surface area contributed by atoms with Gasteiger partial charge in [-0.3, -0.25) is 14.4 Å². The number of hydrogen-bond donors (Lipinski definition) is 2. The van der Waals surface area contributed by atoms with Crippen molar-refractivity contribution in [2.45, 2.75) is 39.0 Å². The van der Waals surface area contributed by atoms with E-state index in [0.717, 1.165) is 16.7 Å². The molecule has 222 valence electrons. The van der Waals surface area contributed by atoms with Crippen molar-refractivity contribution in [2.75, 3.05) is 11.9 Å². The summed E-state index contributed by atoms with van der Waals surface area (Å²) in [6, 6.07) is 20.5. The fourth-order valence-electron chi connectivity index (χ4n) is 4.55. The van der Waals surface area contributed by atoms with Gasteiger partial charge in [-0.2, -0.15) is 0 Å². The lowest BCUT2D eigenvalue weighted by Gasteiger charge is -2.13. The summed E-state index contributed by atoms with van der Waals surface area (Å²) in [7, 11) is -3.84. The van der Waals surface area contributed by atoms with Gasteiger partial charge in [-0.15, -0.1) is 0 Å². The van der Waals surface area contributed by atoms with Crippen LogP contribution >= 0.6 is 0 Å². The Labute approximate surface area is 250 Å². The Morgan fingerprint density at radius 2 is 1.49 bits per heavy atom. The monoisotopic (exact) mass is 600 g/mol. The summed E-state index contributed by atoms with van der Waals surface area (Å²) < 4.78 is 39.5. The molecule has 1 amide bonds. The molecular formula is C33H32N2O7S. The minimum atomic E-state index is -3.84. The predicted molar refractivity (Wildman–Crippen MR) is 165 cm³/mol. The molecule has 0 heterocycles. The van der Waals surface area contributed by atoms with Crippen LogP contribution in [0.15, 0.2) is 83.8 Å². The molecule has 4 aromatic rings. The Morgan fingerprint density at radius 1 is 0.814 bits per heavy atom. The quantitative estimate of drug-likeness (QED) is 0.140. The van der Waals surface area contributed by atoms with E-state index in [4.69, 9.17) is 9.47 Å². The first kappa shape index (κ1) is 31.1. The van der Waals surface area contributed by atoms with Crippen LogP contribution in [0.25, 0.3) is 16.8 Å². The van der Waals surface area contributed by atoms with E-state index in [2.05, 4.69) is 10.0 Å². The number of rotatable bonds is 10. The average molecular weight is 601 g/mol. The zero-order valence-electron chi connectivity index (χ0n) is 24.3. The van der Waals surface area contributed by atoms with Crippen molar-refractivity contribution >= 4 is 50.4 Å². The summed E-state index contributed by atoms with van der Waals surface area (Å²) in [4.78, 5) is 35.8. The third-order valence-corrected chi connectivity index (χ3v) is 8.25. The minimum absolute atomic E-state index is 0.0377. The first-order valence-corrected chi connectivity index (χ1v) is 15.0. The lowest BCUT2D eigenvalue weighted by atomic mass is 10.0. The standard InChI is InChI=1S/C33H32N2O7S/c1-21-8-5-9-26(22(21)2)18-19-34-43(39,40)32-13-7-10-27-28(32)11-6-12-29(27)35-33(38)17-15-25-14-16-30(41-23(3)36)31(20-25)42-24(4)37/h5-17,20,34H,18-19H2,1-4H3,(H,35,38)/b17-15+. The largest absolute Gasteiger partial charge is 0.423 e. The van der Waals surface area contributed by atoms with E-state index in [1.54, 1.807) is 36.4 Å². The number of hydrogen-bond acceptors (Lipinski definition) is 7. The third kappa shape index (κ3) is 7.94. The summed E-state index contributed by atoms with van der Waals surface area (Å²) in [5.74, 6) is -1.52. The van der Waals surface area contributed by atoms with Gasteiger partial charge in [-0.1, -0.05) is 48.5 Å². The molecule has 2 N–H and O–H groups in total. The Morgan fingerprint density at radius 3 is 2.23 bits per heavy atom. The third-order valence-electron chi connectivity index (χ3n) is 6.73. The number of nitrogens with one attached hydrogen (secondary N) is 2. The van der Waals surface area contributed by atoms with E-state index < -0.39 is 27.9 Å². The highest BCUT2D eigenvalue weighted by molar-refractivity contribution is 7.89. The van der Waals surface area contributed by atoms with E-state index in [9.17, 15) is 22.8 Å². The lowest BCUT2D eigenvalue weighted by Crippen LogP contribution is -2.26. The molecule has 0 aromatic heterocycles. The zero-order valence-corrected chi connectivity index (χ0v) is 25.1. The van der Waals surface area contributed by atoms with Gasteiger partial charge in [0, 0.05) is 42.9 Å². The van der Waals surface area contributed by atoms with Gasteiger partial charge in [0.1, 0.15) is 0 Å². The number of esters is 2. The van der Waals surface area contributed by atoms with Crippen LogP contribution in [-0.2, 0) is 30.8 Å². The van der Waals surface area contributed by atoms with Crippen LogP contribution in [-0.4, -0.2) is 32.8 Å². The van der Waals surface area contributed by atoms with Crippen molar-refractivity contribution < 1.29 is 32.3 Å². The van der Waals surface area contributed by atoms with Gasteiger partial charge in [0.15, 0.2) is 11.5 Å². The molecule has 0 aliphatic heterocycles. The Balaban J connectivity index is 1.51. The molecule has 0 aliphatic carbocycles. The summed E-state index contributed by atoms with van der Waals surface area (Å²) in [5.41, 5.74) is 4.33. The molecule has 4 aromatic carbocycles. The second kappa shape index (κ2) is 13.5. The number of aryl methyl sites for hydroxylation is 1. The number of carbonyl (C=O) groups is 3. The number of carbonyl (C=O) groups excluding carboxylic acids is 3. The maximum absolute atomic E-state index is 13.3. The number of amides is 1. The molecule has 0 spiro atoms. The molecule has 0 saturated heterocycles. The first-order valence-electron chi connectivity index (χ1n) is 13.5. The van der Waals surface area contributed by atoms with Crippen molar-refractivity contribution in [3.8, 4) is 11.5 Å². The smallest absolute Gasteiger partial charge is 0.308 e. The van der Waals surface area contributed by atoms with E-state index in [1.165, 1.54) is 44.2 Å². The van der Waals surface area contributed by atoms with Gasteiger partial charge in [0.25, 0.3) is 0 Å². The highest BCUT2D eigenvalue weighted by Crippen LogP contribution is 2.30. The predicted octanol–water partition coefficient (Wildman–Crippen LogP) is 5.48. The van der Waals surface area contributed by atoms with Crippen molar-refractivity contribution in [2.24, 2.45) is 0 Å². The molecule has 0 atom stereocenters. The molecule has 0 saturated carbocycles. The van der Waals surface area contributed by atoms with Gasteiger partial charge in [0.2, 0.25) is 15.9 Å². The second-order valence-corrected chi connectivity index (χ2v) is 11.6. The second-order valence-electron chi connectivity index (χ2n) is 9.88. The number of sulfonamides is 1. The topological polar surface area (TPSA) is 128 Å². The molecule has 9 nitrogen and oxygen atoms in total. The molecule has 0 fully saturated rings. The fourth-order valence-corrected chi connectivity index (χ4v) is 5.80. The van der Waals surface area contributed by atoms with Crippen LogP contribution in [0.5, 0.6) is 11.5 Å². The van der Waals surface area contributed by atoms with Crippen LogP contribution < -0.4 is 19.5 Å². The van der Waals surface area contributed by atoms with Crippen LogP contribution in [0.4, 0.5) is 5.69 Å². The number of fused-ring (bicyclic) bond motifs is 1. The zero-order chi connectivity index (χ0) is 31.1. The van der Waals surface area contributed by atoms with Gasteiger partial charge in [0.05, 0.1) is 4.90 Å². The van der Waals surface area contributed by atoms with E-state index in [0.29, 0.717) is 28.4 Å². The van der Waals surface area contributed by atoms with Crippen molar-refractivity contribution in [3.63, 3.8) is 0 Å². The van der Waals surface area contributed by atoms with E-state index in [1.807, 2.05) is 32.0 Å². The summed E-state index contributed by atoms with van der Waals surface area (Å²) >= 11 is 0. The number of anilines is 1. The van der Waals surface area contributed by atoms with Gasteiger partial charge < -0.3 is 14.8 Å². The number of benzene rings is 4. The maximum Gasteiger partial charge on any atom is 0.308 e. The van der Waals surface area contributed by atoms with E-state index >= 15 is 0 Å². The van der Waals surface area contributed by atoms with Gasteiger partial charge >= 0.3 is 11.9 Å². The van der Waals surface area contributed by atoms with Gasteiger partial charge in [-0.05, 0) is 72.9 Å². The first-order chi connectivity index (χ1) is 20.4. The summed E-state index contributed by atoms with van der Waals surface area (Å²) in [5, 5.41) is 3.83. The maximum atomic E-state index is 13.3. The normalized spacial score (nSPS) is 11.4. The van der Waals surface area contributed by atoms with Crippen LogP contribution in [0.3, 0.4) is 0 Å². The Kier molecular flexibility index (Phi) is 9.74. The summed E-state index contributed by atoms with van der Waals surface area (Å²) in [6.07, 6.45) is 3.34. The van der Waals surface area contributed by atoms with Gasteiger partial charge in [-0.25, -0.2) is 13.1 Å². The Hall–Kier alpha value is -4.80. The Bertz CT molecular complexity index is 1850. The van der Waals surface area contributed by atoms with Crippen LogP contribution in [0, 0.1) is 13.8 Å². The van der Waals surface area contributed by atoms with Crippen LogP contribution in [0.2, 0.25) is 0 Å². The molecule has 0 radical (unpaired) electrons. The highest BCUT2D eigenvalue weighted by Gasteiger charge is 2.18. The fraction of sp³-hybridized carbons (Fsp3) is 0.182. The molecule has 4 rings (SSSR count). The SMILES string of the molecule is CC(=O)Oc1ccc(/C=C/C(=O)Nc2cccc3c(S(=O)(=O)NCCc4cccc(C)c4C)cccc23)cc1OC(C)=O. The summed E-state index contributed by atoms with van der Waals surface area (Å²) in [6.45, 7) is 6.74. The number of ether oxygens (including phenoxy) is 2. The average Bonchev–Trinajstić information content (AvgIpc) is 2.94. The molecule has 0 aliphatic rings. The van der Waals surface area contributed by atoms with E-state index in [-0.39, 0.29) is 22.9 Å². The van der Waals surface area contributed by atoms with Crippen molar-refractivity contribution in [1.82, 2.24) is 4.72 Å². The molecular weight excluding hydrogens is 568 g/mol. The van der Waals surface area contributed by atoms with Crippen LogP contribution in [0.1, 0.15) is 36.1 Å². The van der Waals surface area contributed by atoms with Crippen molar-refractivity contribution in [3.05, 3.63) is 101 Å². The molecule has 0 unspecified atom stereocenters.